The maximum Gasteiger partial charge on any atom is 0.261 e. The predicted molar refractivity (Wildman–Crippen MR) is 82.6 cm³/mol. The minimum atomic E-state index is -0.0512. The second kappa shape index (κ2) is 6.90. The normalized spacial score (nSPS) is 9.70. The van der Waals surface area contributed by atoms with Crippen LogP contribution in [-0.2, 0) is 6.54 Å². The molecule has 2 rings (SSSR count). The summed E-state index contributed by atoms with van der Waals surface area (Å²) in [6.07, 6.45) is 0. The number of rotatable bonds is 3. The fourth-order valence-electron chi connectivity index (χ4n) is 1.76. The fraction of sp³-hybridized carbons (Fsp3) is 0.188. The first kappa shape index (κ1) is 14.3. The van der Waals surface area contributed by atoms with E-state index in [4.69, 9.17) is 5.73 Å². The quantitative estimate of drug-likeness (QED) is 0.850. The Balaban J connectivity index is 2.06. The molecule has 0 fully saturated rings. The number of hydrogen-bond donors (Lipinski definition) is 2. The van der Waals surface area contributed by atoms with Crippen molar-refractivity contribution in [3.05, 3.63) is 57.3 Å². The molecule has 0 radical (unpaired) electrons. The summed E-state index contributed by atoms with van der Waals surface area (Å²) in [5, 5.41) is 2.92. The topological polar surface area (TPSA) is 55.1 Å². The van der Waals surface area contributed by atoms with Gasteiger partial charge < -0.3 is 11.1 Å². The number of benzene rings is 1. The molecule has 3 N–H and O–H groups in total. The van der Waals surface area contributed by atoms with Crippen LogP contribution in [-0.4, -0.2) is 12.5 Å². The standard InChI is InChI=1S/C16H16N2OS/c1-12-8-9-15(20-12)16(19)18-11-14-6-3-2-5-13(14)7-4-10-17/h2-3,5-6,8-9H,10-11,17H2,1H3,(H,18,19). The van der Waals surface area contributed by atoms with Crippen LogP contribution >= 0.6 is 11.3 Å². The van der Waals surface area contributed by atoms with Gasteiger partial charge in [-0.05, 0) is 30.7 Å². The molecular formula is C16H16N2OS. The van der Waals surface area contributed by atoms with Gasteiger partial charge in [0.25, 0.3) is 5.91 Å². The molecular weight excluding hydrogens is 268 g/mol. The van der Waals surface area contributed by atoms with Crippen molar-refractivity contribution in [2.75, 3.05) is 6.54 Å². The van der Waals surface area contributed by atoms with Gasteiger partial charge in [0.2, 0.25) is 0 Å². The summed E-state index contributed by atoms with van der Waals surface area (Å²) in [6.45, 7) is 2.78. The van der Waals surface area contributed by atoms with E-state index in [2.05, 4.69) is 17.2 Å². The summed E-state index contributed by atoms with van der Waals surface area (Å²) in [6, 6.07) is 11.5. The van der Waals surface area contributed by atoms with Gasteiger partial charge in [-0.25, -0.2) is 0 Å². The van der Waals surface area contributed by atoms with Gasteiger partial charge in [0.1, 0.15) is 0 Å². The van der Waals surface area contributed by atoms with E-state index in [0.717, 1.165) is 20.9 Å². The fourth-order valence-corrected chi connectivity index (χ4v) is 2.55. The Labute approximate surface area is 122 Å². The molecule has 1 aromatic carbocycles. The number of carbonyl (C=O) groups excluding carboxylic acids is 1. The minimum absolute atomic E-state index is 0.0512. The Morgan fingerprint density at radius 1 is 1.30 bits per heavy atom. The third kappa shape index (κ3) is 3.70. The summed E-state index contributed by atoms with van der Waals surface area (Å²) in [5.74, 6) is 5.80. The van der Waals surface area contributed by atoms with Gasteiger partial charge in [-0.3, -0.25) is 4.79 Å². The summed E-state index contributed by atoms with van der Waals surface area (Å²) in [5.41, 5.74) is 7.28. The third-order valence-corrected chi connectivity index (χ3v) is 3.75. The maximum atomic E-state index is 12.0. The Bertz CT molecular complexity index is 664. The zero-order chi connectivity index (χ0) is 14.4. The summed E-state index contributed by atoms with van der Waals surface area (Å²) >= 11 is 1.49. The molecule has 1 amide bonds. The van der Waals surface area contributed by atoms with Crippen LogP contribution in [0.1, 0.15) is 25.7 Å². The van der Waals surface area contributed by atoms with Crippen molar-refractivity contribution in [2.45, 2.75) is 13.5 Å². The Kier molecular flexibility index (Phi) is 4.94. The lowest BCUT2D eigenvalue weighted by Gasteiger charge is -2.06. The van der Waals surface area contributed by atoms with E-state index in [-0.39, 0.29) is 5.91 Å². The number of nitrogens with one attached hydrogen (secondary N) is 1. The lowest BCUT2D eigenvalue weighted by Crippen LogP contribution is -2.22. The van der Waals surface area contributed by atoms with Crippen LogP contribution in [0.2, 0.25) is 0 Å². The Morgan fingerprint density at radius 2 is 2.10 bits per heavy atom. The molecule has 0 unspecified atom stereocenters. The third-order valence-electron chi connectivity index (χ3n) is 2.75. The van der Waals surface area contributed by atoms with Gasteiger partial charge in [-0.1, -0.05) is 30.0 Å². The second-order valence-corrected chi connectivity index (χ2v) is 5.54. The van der Waals surface area contributed by atoms with Crippen LogP contribution < -0.4 is 11.1 Å². The number of hydrogen-bond acceptors (Lipinski definition) is 3. The average Bonchev–Trinajstić information content (AvgIpc) is 2.90. The predicted octanol–water partition coefficient (Wildman–Crippen LogP) is 2.30. The van der Waals surface area contributed by atoms with Crippen molar-refractivity contribution in [2.24, 2.45) is 5.73 Å². The molecule has 0 aliphatic heterocycles. The molecule has 1 aromatic heterocycles. The molecule has 3 nitrogen and oxygen atoms in total. The monoisotopic (exact) mass is 284 g/mol. The van der Waals surface area contributed by atoms with E-state index >= 15 is 0 Å². The van der Waals surface area contributed by atoms with E-state index < -0.39 is 0 Å². The van der Waals surface area contributed by atoms with Crippen molar-refractivity contribution >= 4 is 17.2 Å². The lowest BCUT2D eigenvalue weighted by atomic mass is 10.1. The zero-order valence-electron chi connectivity index (χ0n) is 11.3. The van der Waals surface area contributed by atoms with Crippen molar-refractivity contribution in [3.63, 3.8) is 0 Å². The molecule has 102 valence electrons. The Hall–Kier alpha value is -2.09. The average molecular weight is 284 g/mol. The first-order valence-corrected chi connectivity index (χ1v) is 7.14. The highest BCUT2D eigenvalue weighted by atomic mass is 32.1. The van der Waals surface area contributed by atoms with Crippen molar-refractivity contribution in [1.82, 2.24) is 5.32 Å². The maximum absolute atomic E-state index is 12.0. The smallest absolute Gasteiger partial charge is 0.261 e. The van der Waals surface area contributed by atoms with Gasteiger partial charge in [0, 0.05) is 17.0 Å². The molecule has 0 saturated heterocycles. The van der Waals surface area contributed by atoms with Crippen LogP contribution in [0.25, 0.3) is 0 Å². The van der Waals surface area contributed by atoms with Crippen LogP contribution in [0.5, 0.6) is 0 Å². The summed E-state index contributed by atoms with van der Waals surface area (Å²) < 4.78 is 0. The lowest BCUT2D eigenvalue weighted by molar-refractivity contribution is 0.0955. The molecule has 0 aliphatic carbocycles. The number of aryl methyl sites for hydroxylation is 1. The molecule has 4 heteroatoms. The molecule has 0 atom stereocenters. The second-order valence-electron chi connectivity index (χ2n) is 4.26. The van der Waals surface area contributed by atoms with Crippen molar-refractivity contribution in [1.29, 1.82) is 0 Å². The largest absolute Gasteiger partial charge is 0.347 e. The molecule has 0 saturated carbocycles. The van der Waals surface area contributed by atoms with E-state index in [1.807, 2.05) is 43.3 Å². The van der Waals surface area contributed by atoms with Gasteiger partial charge >= 0.3 is 0 Å². The SMILES string of the molecule is Cc1ccc(C(=O)NCc2ccccc2C#CCN)s1. The van der Waals surface area contributed by atoms with Crippen molar-refractivity contribution in [3.8, 4) is 11.8 Å². The molecule has 0 aliphatic rings. The first-order chi connectivity index (χ1) is 9.70. The molecule has 2 aromatic rings. The van der Waals surface area contributed by atoms with Gasteiger partial charge in [0.05, 0.1) is 11.4 Å². The highest BCUT2D eigenvalue weighted by Gasteiger charge is 2.08. The van der Waals surface area contributed by atoms with Crippen LogP contribution in [0, 0.1) is 18.8 Å². The highest BCUT2D eigenvalue weighted by molar-refractivity contribution is 7.13. The molecule has 1 heterocycles. The van der Waals surface area contributed by atoms with E-state index in [0.29, 0.717) is 13.1 Å². The van der Waals surface area contributed by atoms with Gasteiger partial charge in [-0.2, -0.15) is 0 Å². The zero-order valence-corrected chi connectivity index (χ0v) is 12.1. The number of thiophene rings is 1. The van der Waals surface area contributed by atoms with Crippen LogP contribution in [0.4, 0.5) is 0 Å². The van der Waals surface area contributed by atoms with Gasteiger partial charge in [0.15, 0.2) is 0 Å². The van der Waals surface area contributed by atoms with Crippen molar-refractivity contribution < 1.29 is 4.79 Å². The highest BCUT2D eigenvalue weighted by Crippen LogP contribution is 2.15. The Morgan fingerprint density at radius 3 is 2.80 bits per heavy atom. The number of amides is 1. The minimum Gasteiger partial charge on any atom is -0.347 e. The number of carbonyl (C=O) groups is 1. The first-order valence-electron chi connectivity index (χ1n) is 6.32. The molecule has 0 spiro atoms. The van der Waals surface area contributed by atoms with Crippen LogP contribution in [0.15, 0.2) is 36.4 Å². The summed E-state index contributed by atoms with van der Waals surface area (Å²) in [7, 11) is 0. The summed E-state index contributed by atoms with van der Waals surface area (Å²) in [4.78, 5) is 13.9. The van der Waals surface area contributed by atoms with Gasteiger partial charge in [-0.15, -0.1) is 11.3 Å². The molecule has 20 heavy (non-hydrogen) atoms. The van der Waals surface area contributed by atoms with E-state index in [1.165, 1.54) is 11.3 Å². The van der Waals surface area contributed by atoms with E-state index in [9.17, 15) is 4.79 Å². The number of nitrogens with two attached hydrogens (primary N) is 1. The molecule has 0 bridgehead atoms. The van der Waals surface area contributed by atoms with Crippen LogP contribution in [0.3, 0.4) is 0 Å². The van der Waals surface area contributed by atoms with E-state index in [1.54, 1.807) is 0 Å².